The van der Waals surface area contributed by atoms with Crippen LogP contribution in [0, 0.1) is 0 Å². The Hall–Kier alpha value is -1.38. The summed E-state index contributed by atoms with van der Waals surface area (Å²) in [6.07, 6.45) is 1.29. The van der Waals surface area contributed by atoms with E-state index < -0.39 is 15.9 Å². The SMILES string of the molecule is CC1CN(S(=O)(=O)CCNC(=O)c2ccco2)CCO1. The van der Waals surface area contributed by atoms with Gasteiger partial charge in [0, 0.05) is 19.6 Å². The smallest absolute Gasteiger partial charge is 0.287 e. The maximum atomic E-state index is 12.1. The number of hydrogen-bond acceptors (Lipinski definition) is 5. The van der Waals surface area contributed by atoms with Crippen molar-refractivity contribution in [3.05, 3.63) is 24.2 Å². The molecule has 1 amide bonds. The molecule has 0 bridgehead atoms. The van der Waals surface area contributed by atoms with Gasteiger partial charge in [0.1, 0.15) is 0 Å². The minimum Gasteiger partial charge on any atom is -0.459 e. The first-order chi connectivity index (χ1) is 9.49. The summed E-state index contributed by atoms with van der Waals surface area (Å²) in [5.41, 5.74) is 0. The minimum absolute atomic E-state index is 0.0492. The Labute approximate surface area is 117 Å². The van der Waals surface area contributed by atoms with Gasteiger partial charge in [-0.3, -0.25) is 4.79 Å². The third-order valence-corrected chi connectivity index (χ3v) is 4.83. The van der Waals surface area contributed by atoms with Crippen molar-refractivity contribution in [3.63, 3.8) is 0 Å². The molecule has 0 aromatic carbocycles. The maximum absolute atomic E-state index is 12.1. The number of ether oxygens (including phenoxy) is 1. The van der Waals surface area contributed by atoms with Gasteiger partial charge in [0.25, 0.3) is 5.91 Å². The van der Waals surface area contributed by atoms with Gasteiger partial charge in [0.15, 0.2) is 5.76 Å². The van der Waals surface area contributed by atoms with E-state index in [1.807, 2.05) is 6.92 Å². The second kappa shape index (κ2) is 6.38. The lowest BCUT2D eigenvalue weighted by molar-refractivity contribution is 0.0102. The van der Waals surface area contributed by atoms with Crippen molar-refractivity contribution in [2.75, 3.05) is 32.0 Å². The molecule has 1 saturated heterocycles. The Kier molecular flexibility index (Phi) is 4.79. The highest BCUT2D eigenvalue weighted by atomic mass is 32.2. The van der Waals surface area contributed by atoms with E-state index in [0.29, 0.717) is 19.7 Å². The zero-order valence-corrected chi connectivity index (χ0v) is 12.1. The number of carbonyl (C=O) groups excluding carboxylic acids is 1. The standard InChI is InChI=1S/C12H18N2O5S/c1-10-9-14(5-7-18-10)20(16,17)8-4-13-12(15)11-3-2-6-19-11/h2-3,6,10H,4-5,7-9H2,1H3,(H,13,15). The van der Waals surface area contributed by atoms with Gasteiger partial charge in [-0.1, -0.05) is 0 Å². The van der Waals surface area contributed by atoms with E-state index >= 15 is 0 Å². The molecule has 0 aliphatic carbocycles. The molecule has 2 heterocycles. The highest BCUT2D eigenvalue weighted by Crippen LogP contribution is 2.09. The summed E-state index contributed by atoms with van der Waals surface area (Å²) >= 11 is 0. The Balaban J connectivity index is 1.82. The lowest BCUT2D eigenvalue weighted by Crippen LogP contribution is -2.46. The molecule has 20 heavy (non-hydrogen) atoms. The summed E-state index contributed by atoms with van der Waals surface area (Å²) in [5, 5.41) is 2.52. The van der Waals surface area contributed by atoms with Gasteiger partial charge in [-0.15, -0.1) is 0 Å². The first-order valence-electron chi connectivity index (χ1n) is 6.40. The van der Waals surface area contributed by atoms with Gasteiger partial charge >= 0.3 is 0 Å². The quantitative estimate of drug-likeness (QED) is 0.831. The zero-order chi connectivity index (χ0) is 14.6. The minimum atomic E-state index is -3.37. The molecule has 7 nitrogen and oxygen atoms in total. The van der Waals surface area contributed by atoms with Crippen molar-refractivity contribution in [2.45, 2.75) is 13.0 Å². The summed E-state index contributed by atoms with van der Waals surface area (Å²) < 4.78 is 35.8. The number of nitrogens with zero attached hydrogens (tertiary/aromatic N) is 1. The molecule has 1 aliphatic rings. The van der Waals surface area contributed by atoms with E-state index in [-0.39, 0.29) is 24.2 Å². The van der Waals surface area contributed by atoms with Crippen LogP contribution in [0.15, 0.2) is 22.8 Å². The molecule has 1 fully saturated rings. The van der Waals surface area contributed by atoms with Crippen LogP contribution in [0.5, 0.6) is 0 Å². The molecule has 1 N–H and O–H groups in total. The van der Waals surface area contributed by atoms with Gasteiger partial charge < -0.3 is 14.5 Å². The molecule has 1 aliphatic heterocycles. The molecular formula is C12H18N2O5S. The zero-order valence-electron chi connectivity index (χ0n) is 11.2. The van der Waals surface area contributed by atoms with Crippen molar-refractivity contribution in [1.29, 1.82) is 0 Å². The Morgan fingerprint density at radius 3 is 3.00 bits per heavy atom. The summed E-state index contributed by atoms with van der Waals surface area (Å²) in [6, 6.07) is 3.12. The van der Waals surface area contributed by atoms with E-state index in [1.165, 1.54) is 16.6 Å². The Morgan fingerprint density at radius 2 is 2.35 bits per heavy atom. The fourth-order valence-corrected chi connectivity index (χ4v) is 3.36. The van der Waals surface area contributed by atoms with E-state index in [4.69, 9.17) is 9.15 Å². The first-order valence-corrected chi connectivity index (χ1v) is 8.01. The van der Waals surface area contributed by atoms with Gasteiger partial charge in [0.05, 0.1) is 24.7 Å². The van der Waals surface area contributed by atoms with E-state index in [9.17, 15) is 13.2 Å². The Bertz CT molecular complexity index is 540. The van der Waals surface area contributed by atoms with Gasteiger partial charge in [0.2, 0.25) is 10.0 Å². The number of rotatable bonds is 5. The number of furan rings is 1. The summed E-state index contributed by atoms with van der Waals surface area (Å²) in [7, 11) is -3.37. The second-order valence-electron chi connectivity index (χ2n) is 4.59. The van der Waals surface area contributed by atoms with Crippen LogP contribution in [0.2, 0.25) is 0 Å². The molecule has 0 spiro atoms. The molecule has 1 atom stereocenters. The van der Waals surface area contributed by atoms with Crippen molar-refractivity contribution in [2.24, 2.45) is 0 Å². The third kappa shape index (κ3) is 3.81. The number of sulfonamides is 1. The predicted molar refractivity (Wildman–Crippen MR) is 71.8 cm³/mol. The number of hydrogen-bond donors (Lipinski definition) is 1. The highest BCUT2D eigenvalue weighted by molar-refractivity contribution is 7.89. The molecular weight excluding hydrogens is 284 g/mol. The fraction of sp³-hybridized carbons (Fsp3) is 0.583. The van der Waals surface area contributed by atoms with Crippen LogP contribution in [0.3, 0.4) is 0 Å². The van der Waals surface area contributed by atoms with Gasteiger partial charge in [-0.2, -0.15) is 4.31 Å². The van der Waals surface area contributed by atoms with Crippen LogP contribution in [0.1, 0.15) is 17.5 Å². The van der Waals surface area contributed by atoms with Crippen LogP contribution >= 0.6 is 0 Å². The summed E-state index contributed by atoms with van der Waals surface area (Å²) in [5.74, 6) is -0.380. The van der Waals surface area contributed by atoms with E-state index in [2.05, 4.69) is 5.32 Å². The van der Waals surface area contributed by atoms with Crippen LogP contribution in [0.4, 0.5) is 0 Å². The lowest BCUT2D eigenvalue weighted by Gasteiger charge is -2.30. The maximum Gasteiger partial charge on any atom is 0.287 e. The van der Waals surface area contributed by atoms with Gasteiger partial charge in [-0.05, 0) is 19.1 Å². The van der Waals surface area contributed by atoms with Gasteiger partial charge in [-0.25, -0.2) is 8.42 Å². The highest BCUT2D eigenvalue weighted by Gasteiger charge is 2.27. The van der Waals surface area contributed by atoms with Crippen molar-refractivity contribution < 1.29 is 22.4 Å². The van der Waals surface area contributed by atoms with E-state index in [0.717, 1.165) is 0 Å². The van der Waals surface area contributed by atoms with Crippen LogP contribution in [-0.2, 0) is 14.8 Å². The summed E-state index contributed by atoms with van der Waals surface area (Å²) in [6.45, 7) is 3.00. The summed E-state index contributed by atoms with van der Waals surface area (Å²) in [4.78, 5) is 11.6. The van der Waals surface area contributed by atoms with Crippen LogP contribution in [0.25, 0.3) is 0 Å². The molecule has 2 rings (SSSR count). The normalized spacial score (nSPS) is 20.8. The average molecular weight is 302 g/mol. The number of morpholine rings is 1. The first kappa shape index (κ1) is 15.0. The molecule has 8 heteroatoms. The monoisotopic (exact) mass is 302 g/mol. The van der Waals surface area contributed by atoms with Crippen LogP contribution < -0.4 is 5.32 Å². The second-order valence-corrected chi connectivity index (χ2v) is 6.68. The predicted octanol–water partition coefficient (Wildman–Crippen LogP) is 0.0599. The molecule has 1 aromatic rings. The molecule has 1 unspecified atom stereocenters. The number of carbonyl (C=O) groups is 1. The van der Waals surface area contributed by atoms with Crippen LogP contribution in [-0.4, -0.2) is 56.7 Å². The third-order valence-electron chi connectivity index (χ3n) is 2.99. The van der Waals surface area contributed by atoms with Crippen molar-refractivity contribution in [3.8, 4) is 0 Å². The van der Waals surface area contributed by atoms with Crippen molar-refractivity contribution in [1.82, 2.24) is 9.62 Å². The fourth-order valence-electron chi connectivity index (χ4n) is 1.96. The molecule has 0 radical (unpaired) electrons. The average Bonchev–Trinajstić information content (AvgIpc) is 2.92. The molecule has 0 saturated carbocycles. The molecule has 1 aromatic heterocycles. The lowest BCUT2D eigenvalue weighted by atomic mass is 10.3. The molecule has 112 valence electrons. The van der Waals surface area contributed by atoms with Crippen molar-refractivity contribution >= 4 is 15.9 Å². The van der Waals surface area contributed by atoms with E-state index in [1.54, 1.807) is 6.07 Å². The topological polar surface area (TPSA) is 88.9 Å². The largest absolute Gasteiger partial charge is 0.459 e. The number of nitrogens with one attached hydrogen (secondary N) is 1. The number of amides is 1. The Morgan fingerprint density at radius 1 is 1.55 bits per heavy atom.